The minimum absolute atomic E-state index is 0.482. The Balaban J connectivity index is 2.29. The molecule has 0 aliphatic rings. The van der Waals surface area contributed by atoms with Gasteiger partial charge in [0.25, 0.3) is 0 Å². The molecule has 1 rings (SSSR count). The highest BCUT2D eigenvalue weighted by Gasteiger charge is 2.09. The fourth-order valence-corrected chi connectivity index (χ4v) is 3.06. The summed E-state index contributed by atoms with van der Waals surface area (Å²) < 4.78 is 0. The van der Waals surface area contributed by atoms with Crippen LogP contribution >= 0.6 is 11.3 Å². The van der Waals surface area contributed by atoms with E-state index in [9.17, 15) is 0 Å². The molecule has 0 fully saturated rings. The van der Waals surface area contributed by atoms with E-state index >= 15 is 0 Å². The van der Waals surface area contributed by atoms with Crippen LogP contribution in [0.5, 0.6) is 0 Å². The molecule has 0 saturated heterocycles. The number of hydrogen-bond acceptors (Lipinski definition) is 3. The second-order valence-corrected chi connectivity index (χ2v) is 5.53. The monoisotopic (exact) mass is 254 g/mol. The highest BCUT2D eigenvalue weighted by molar-refractivity contribution is 7.10. The van der Waals surface area contributed by atoms with Gasteiger partial charge in [-0.25, -0.2) is 0 Å². The second kappa shape index (κ2) is 7.85. The highest BCUT2D eigenvalue weighted by atomic mass is 32.1. The predicted octanol–water partition coefficient (Wildman–Crippen LogP) is 3.44. The molecule has 0 aliphatic heterocycles. The molecule has 1 aromatic rings. The maximum absolute atomic E-state index is 3.62. The summed E-state index contributed by atoms with van der Waals surface area (Å²) in [6, 6.07) is 2.68. The van der Waals surface area contributed by atoms with Crippen molar-refractivity contribution in [2.24, 2.45) is 0 Å². The third kappa shape index (κ3) is 4.78. The third-order valence-electron chi connectivity index (χ3n) is 3.16. The lowest BCUT2D eigenvalue weighted by molar-refractivity contribution is 0.284. The summed E-state index contributed by atoms with van der Waals surface area (Å²) in [5.41, 5.74) is 1.41. The molecule has 0 bridgehead atoms. The van der Waals surface area contributed by atoms with Crippen molar-refractivity contribution in [3.63, 3.8) is 0 Å². The normalized spacial score (nSPS) is 13.2. The van der Waals surface area contributed by atoms with Crippen LogP contribution in [0, 0.1) is 6.92 Å². The molecule has 3 heteroatoms. The summed E-state index contributed by atoms with van der Waals surface area (Å²) in [6.45, 7) is 13.5. The largest absolute Gasteiger partial charge is 0.308 e. The van der Waals surface area contributed by atoms with Crippen molar-refractivity contribution in [3.05, 3.63) is 21.9 Å². The van der Waals surface area contributed by atoms with E-state index in [2.05, 4.69) is 49.4 Å². The van der Waals surface area contributed by atoms with Gasteiger partial charge in [0.2, 0.25) is 0 Å². The molecule has 17 heavy (non-hydrogen) atoms. The van der Waals surface area contributed by atoms with E-state index in [0.717, 1.165) is 19.6 Å². The van der Waals surface area contributed by atoms with Crippen LogP contribution < -0.4 is 5.32 Å². The summed E-state index contributed by atoms with van der Waals surface area (Å²) in [4.78, 5) is 3.98. The van der Waals surface area contributed by atoms with Crippen LogP contribution in [0.1, 0.15) is 43.7 Å². The fraction of sp³-hybridized carbons (Fsp3) is 0.714. The summed E-state index contributed by atoms with van der Waals surface area (Å²) >= 11 is 1.86. The van der Waals surface area contributed by atoms with E-state index in [-0.39, 0.29) is 0 Å². The molecule has 1 atom stereocenters. The van der Waals surface area contributed by atoms with E-state index in [1.165, 1.54) is 23.4 Å². The molecule has 2 nitrogen and oxygen atoms in total. The average molecular weight is 254 g/mol. The van der Waals surface area contributed by atoms with Crippen LogP contribution in [0.15, 0.2) is 11.4 Å². The maximum Gasteiger partial charge on any atom is 0.0389 e. The molecule has 98 valence electrons. The number of likely N-dealkylation sites (N-methyl/N-ethyl adjacent to an activating group) is 1. The Hall–Kier alpha value is -0.380. The van der Waals surface area contributed by atoms with Crippen LogP contribution in [0.25, 0.3) is 0 Å². The molecule has 1 unspecified atom stereocenters. The smallest absolute Gasteiger partial charge is 0.0389 e. The zero-order chi connectivity index (χ0) is 12.7. The van der Waals surface area contributed by atoms with Crippen LogP contribution in [-0.2, 0) is 0 Å². The number of nitrogens with zero attached hydrogens (tertiary/aromatic N) is 1. The molecule has 0 aromatic carbocycles. The SMILES string of the molecule is CCCN(CC)CCNC(C)c1sccc1C. The predicted molar refractivity (Wildman–Crippen MR) is 77.9 cm³/mol. The number of aryl methyl sites for hydroxylation is 1. The minimum atomic E-state index is 0.482. The van der Waals surface area contributed by atoms with Gasteiger partial charge in [0.05, 0.1) is 0 Å². The Morgan fingerprint density at radius 3 is 2.65 bits per heavy atom. The minimum Gasteiger partial charge on any atom is -0.308 e. The van der Waals surface area contributed by atoms with Crippen molar-refractivity contribution in [1.29, 1.82) is 0 Å². The second-order valence-electron chi connectivity index (χ2n) is 4.58. The molecule has 0 spiro atoms. The lowest BCUT2D eigenvalue weighted by Crippen LogP contribution is -2.33. The van der Waals surface area contributed by atoms with E-state index in [1.807, 2.05) is 11.3 Å². The molecule has 1 N–H and O–H groups in total. The maximum atomic E-state index is 3.62. The number of nitrogens with one attached hydrogen (secondary N) is 1. The summed E-state index contributed by atoms with van der Waals surface area (Å²) in [5.74, 6) is 0. The van der Waals surface area contributed by atoms with Gasteiger partial charge in [0.1, 0.15) is 0 Å². The Bertz CT molecular complexity index is 309. The van der Waals surface area contributed by atoms with Gasteiger partial charge >= 0.3 is 0 Å². The van der Waals surface area contributed by atoms with Crippen LogP contribution in [0.2, 0.25) is 0 Å². The molecule has 1 heterocycles. The fourth-order valence-electron chi connectivity index (χ4n) is 2.10. The number of rotatable bonds is 8. The number of hydrogen-bond donors (Lipinski definition) is 1. The van der Waals surface area contributed by atoms with E-state index in [4.69, 9.17) is 0 Å². The molecule has 1 aromatic heterocycles. The molecule has 0 aliphatic carbocycles. The van der Waals surface area contributed by atoms with Gasteiger partial charge in [0, 0.05) is 24.0 Å². The Morgan fingerprint density at radius 2 is 2.12 bits per heavy atom. The lowest BCUT2D eigenvalue weighted by Gasteiger charge is -2.21. The molecular formula is C14H26N2S. The van der Waals surface area contributed by atoms with Crippen LogP contribution in [0.4, 0.5) is 0 Å². The third-order valence-corrected chi connectivity index (χ3v) is 4.36. The zero-order valence-electron chi connectivity index (χ0n) is 11.6. The highest BCUT2D eigenvalue weighted by Crippen LogP contribution is 2.22. The van der Waals surface area contributed by atoms with Gasteiger partial charge in [-0.15, -0.1) is 11.3 Å². The van der Waals surface area contributed by atoms with Gasteiger partial charge < -0.3 is 10.2 Å². The van der Waals surface area contributed by atoms with Crippen molar-refractivity contribution >= 4 is 11.3 Å². The van der Waals surface area contributed by atoms with Gasteiger partial charge in [-0.05, 0) is 50.4 Å². The van der Waals surface area contributed by atoms with E-state index < -0.39 is 0 Å². The Labute approximate surface area is 110 Å². The Kier molecular flexibility index (Phi) is 6.78. The zero-order valence-corrected chi connectivity index (χ0v) is 12.4. The van der Waals surface area contributed by atoms with Gasteiger partial charge in [0.15, 0.2) is 0 Å². The van der Waals surface area contributed by atoms with Crippen molar-refractivity contribution in [2.45, 2.75) is 40.2 Å². The first-order valence-corrected chi connectivity index (χ1v) is 7.56. The Morgan fingerprint density at radius 1 is 1.35 bits per heavy atom. The molecule has 0 radical (unpaired) electrons. The van der Waals surface area contributed by atoms with E-state index in [1.54, 1.807) is 0 Å². The van der Waals surface area contributed by atoms with Crippen molar-refractivity contribution in [2.75, 3.05) is 26.2 Å². The first-order chi connectivity index (χ1) is 8.19. The van der Waals surface area contributed by atoms with Crippen molar-refractivity contribution < 1.29 is 0 Å². The van der Waals surface area contributed by atoms with Crippen LogP contribution in [0.3, 0.4) is 0 Å². The standard InChI is InChI=1S/C14H26N2S/c1-5-9-16(6-2)10-8-15-13(4)14-12(3)7-11-17-14/h7,11,13,15H,5-6,8-10H2,1-4H3. The van der Waals surface area contributed by atoms with Gasteiger partial charge in [-0.1, -0.05) is 13.8 Å². The summed E-state index contributed by atoms with van der Waals surface area (Å²) in [5, 5.41) is 5.80. The summed E-state index contributed by atoms with van der Waals surface area (Å²) in [6.07, 6.45) is 1.24. The first-order valence-electron chi connectivity index (χ1n) is 6.68. The van der Waals surface area contributed by atoms with Gasteiger partial charge in [-0.3, -0.25) is 0 Å². The number of thiophene rings is 1. The topological polar surface area (TPSA) is 15.3 Å². The van der Waals surface area contributed by atoms with Crippen LogP contribution in [-0.4, -0.2) is 31.1 Å². The average Bonchev–Trinajstić information content (AvgIpc) is 2.74. The summed E-state index contributed by atoms with van der Waals surface area (Å²) in [7, 11) is 0. The quantitative estimate of drug-likeness (QED) is 0.764. The lowest BCUT2D eigenvalue weighted by atomic mass is 10.2. The van der Waals surface area contributed by atoms with E-state index in [0.29, 0.717) is 6.04 Å². The van der Waals surface area contributed by atoms with Crippen molar-refractivity contribution in [3.8, 4) is 0 Å². The molecular weight excluding hydrogens is 228 g/mol. The molecule has 0 amide bonds. The van der Waals surface area contributed by atoms with Crippen molar-refractivity contribution in [1.82, 2.24) is 10.2 Å². The first kappa shape index (κ1) is 14.7. The van der Waals surface area contributed by atoms with Gasteiger partial charge in [-0.2, -0.15) is 0 Å². The molecule has 0 saturated carbocycles.